The van der Waals surface area contributed by atoms with Gasteiger partial charge in [-0.15, -0.1) is 0 Å². The minimum atomic E-state index is -0.0800. The summed E-state index contributed by atoms with van der Waals surface area (Å²) in [7, 11) is 0. The maximum Gasteiger partial charge on any atom is 0.0947 e. The molecule has 74 valence electrons. The Kier molecular flexibility index (Phi) is 3.51. The lowest BCUT2D eigenvalue weighted by Gasteiger charge is -2.18. The van der Waals surface area contributed by atoms with Gasteiger partial charge in [0.25, 0.3) is 0 Å². The van der Waals surface area contributed by atoms with E-state index < -0.39 is 0 Å². The molecule has 0 spiro atoms. The highest BCUT2D eigenvalue weighted by molar-refractivity contribution is 5.04. The SMILES string of the molecule is CC(C)(N)CCNCc1ccoc1. The van der Waals surface area contributed by atoms with Crippen LogP contribution in [0.2, 0.25) is 0 Å². The highest BCUT2D eigenvalue weighted by Crippen LogP contribution is 2.02. The second-order valence-electron chi connectivity index (χ2n) is 4.05. The van der Waals surface area contributed by atoms with Gasteiger partial charge in [0.2, 0.25) is 0 Å². The van der Waals surface area contributed by atoms with Gasteiger partial charge >= 0.3 is 0 Å². The second kappa shape index (κ2) is 4.44. The molecule has 0 radical (unpaired) electrons. The summed E-state index contributed by atoms with van der Waals surface area (Å²) in [6, 6.07) is 1.96. The van der Waals surface area contributed by atoms with E-state index in [4.69, 9.17) is 10.2 Å². The van der Waals surface area contributed by atoms with E-state index in [2.05, 4.69) is 5.32 Å². The molecule has 0 aromatic carbocycles. The van der Waals surface area contributed by atoms with Crippen LogP contribution in [0.25, 0.3) is 0 Å². The Balaban J connectivity index is 2.09. The van der Waals surface area contributed by atoms with Crippen LogP contribution in [0.4, 0.5) is 0 Å². The largest absolute Gasteiger partial charge is 0.472 e. The fraction of sp³-hybridized carbons (Fsp3) is 0.600. The molecular formula is C10H18N2O. The van der Waals surface area contributed by atoms with E-state index in [0.29, 0.717) is 0 Å². The van der Waals surface area contributed by atoms with Gasteiger partial charge in [0.05, 0.1) is 12.5 Å². The number of rotatable bonds is 5. The smallest absolute Gasteiger partial charge is 0.0947 e. The predicted octanol–water partition coefficient (Wildman–Crippen LogP) is 1.50. The van der Waals surface area contributed by atoms with Gasteiger partial charge in [-0.1, -0.05) is 0 Å². The number of nitrogens with one attached hydrogen (secondary N) is 1. The Morgan fingerprint density at radius 3 is 2.85 bits per heavy atom. The van der Waals surface area contributed by atoms with Gasteiger partial charge in [0.1, 0.15) is 0 Å². The van der Waals surface area contributed by atoms with Crippen molar-refractivity contribution in [3.63, 3.8) is 0 Å². The maximum atomic E-state index is 5.84. The lowest BCUT2D eigenvalue weighted by Crippen LogP contribution is -2.35. The normalized spacial score (nSPS) is 11.9. The van der Waals surface area contributed by atoms with Crippen LogP contribution >= 0.6 is 0 Å². The van der Waals surface area contributed by atoms with Crippen LogP contribution in [0, 0.1) is 0 Å². The molecule has 1 aromatic heterocycles. The van der Waals surface area contributed by atoms with Crippen molar-refractivity contribution in [1.29, 1.82) is 0 Å². The van der Waals surface area contributed by atoms with Crippen molar-refractivity contribution in [3.05, 3.63) is 24.2 Å². The summed E-state index contributed by atoms with van der Waals surface area (Å²) in [5.41, 5.74) is 6.93. The van der Waals surface area contributed by atoms with E-state index in [1.807, 2.05) is 19.9 Å². The molecule has 0 saturated carbocycles. The second-order valence-corrected chi connectivity index (χ2v) is 4.05. The van der Waals surface area contributed by atoms with Crippen LogP contribution in [0.1, 0.15) is 25.8 Å². The molecule has 3 heteroatoms. The summed E-state index contributed by atoms with van der Waals surface area (Å²) in [5, 5.41) is 3.30. The summed E-state index contributed by atoms with van der Waals surface area (Å²) in [4.78, 5) is 0. The van der Waals surface area contributed by atoms with E-state index in [-0.39, 0.29) is 5.54 Å². The zero-order chi connectivity index (χ0) is 9.73. The van der Waals surface area contributed by atoms with Crippen LogP contribution in [-0.2, 0) is 6.54 Å². The minimum absolute atomic E-state index is 0.0800. The van der Waals surface area contributed by atoms with Crippen LogP contribution in [-0.4, -0.2) is 12.1 Å². The predicted molar refractivity (Wildman–Crippen MR) is 53.3 cm³/mol. The van der Waals surface area contributed by atoms with E-state index >= 15 is 0 Å². The molecular weight excluding hydrogens is 164 g/mol. The molecule has 0 aliphatic rings. The monoisotopic (exact) mass is 182 g/mol. The van der Waals surface area contributed by atoms with Crippen molar-refractivity contribution in [1.82, 2.24) is 5.32 Å². The Labute approximate surface area is 79.3 Å². The average Bonchev–Trinajstić information content (AvgIpc) is 2.48. The van der Waals surface area contributed by atoms with Crippen molar-refractivity contribution in [2.75, 3.05) is 6.54 Å². The van der Waals surface area contributed by atoms with Crippen LogP contribution in [0.5, 0.6) is 0 Å². The van der Waals surface area contributed by atoms with E-state index in [1.54, 1.807) is 12.5 Å². The molecule has 3 nitrogen and oxygen atoms in total. The van der Waals surface area contributed by atoms with Crippen LogP contribution in [0.15, 0.2) is 23.0 Å². The summed E-state index contributed by atoms with van der Waals surface area (Å²) in [5.74, 6) is 0. The lowest BCUT2D eigenvalue weighted by atomic mass is 10.0. The third-order valence-electron chi connectivity index (χ3n) is 1.86. The van der Waals surface area contributed by atoms with Crippen molar-refractivity contribution < 1.29 is 4.42 Å². The van der Waals surface area contributed by atoms with Gasteiger partial charge in [0.15, 0.2) is 0 Å². The van der Waals surface area contributed by atoms with Gasteiger partial charge in [-0.2, -0.15) is 0 Å². The molecule has 1 heterocycles. The molecule has 0 aliphatic carbocycles. The number of hydrogen-bond acceptors (Lipinski definition) is 3. The number of furan rings is 1. The summed E-state index contributed by atoms with van der Waals surface area (Å²) in [6.45, 7) is 5.86. The topological polar surface area (TPSA) is 51.2 Å². The zero-order valence-corrected chi connectivity index (χ0v) is 8.34. The molecule has 3 N–H and O–H groups in total. The Morgan fingerprint density at radius 1 is 1.54 bits per heavy atom. The number of hydrogen-bond donors (Lipinski definition) is 2. The van der Waals surface area contributed by atoms with Gasteiger partial charge in [-0.05, 0) is 32.9 Å². The van der Waals surface area contributed by atoms with Crippen molar-refractivity contribution in [2.45, 2.75) is 32.4 Å². The quantitative estimate of drug-likeness (QED) is 0.678. The molecule has 0 aliphatic heterocycles. The third kappa shape index (κ3) is 4.70. The fourth-order valence-corrected chi connectivity index (χ4v) is 1.04. The average molecular weight is 182 g/mol. The molecule has 13 heavy (non-hydrogen) atoms. The van der Waals surface area contributed by atoms with Gasteiger partial charge < -0.3 is 15.5 Å². The molecule has 1 aromatic rings. The van der Waals surface area contributed by atoms with Crippen molar-refractivity contribution in [2.24, 2.45) is 5.73 Å². The highest BCUT2D eigenvalue weighted by Gasteiger charge is 2.08. The van der Waals surface area contributed by atoms with Gasteiger partial charge in [-0.3, -0.25) is 0 Å². The van der Waals surface area contributed by atoms with E-state index in [1.165, 1.54) is 5.56 Å². The first-order valence-corrected chi connectivity index (χ1v) is 4.58. The van der Waals surface area contributed by atoms with Crippen molar-refractivity contribution >= 4 is 0 Å². The third-order valence-corrected chi connectivity index (χ3v) is 1.86. The molecule has 0 unspecified atom stereocenters. The molecule has 1 rings (SSSR count). The first-order valence-electron chi connectivity index (χ1n) is 4.58. The standard InChI is InChI=1S/C10H18N2O/c1-10(2,11)4-5-12-7-9-3-6-13-8-9/h3,6,8,12H,4-5,7,11H2,1-2H3. The first kappa shape index (κ1) is 10.3. The van der Waals surface area contributed by atoms with Crippen LogP contribution < -0.4 is 11.1 Å². The fourth-order valence-electron chi connectivity index (χ4n) is 1.04. The Bertz CT molecular complexity index is 224. The summed E-state index contributed by atoms with van der Waals surface area (Å²) >= 11 is 0. The molecule has 0 saturated heterocycles. The minimum Gasteiger partial charge on any atom is -0.472 e. The molecule has 0 atom stereocenters. The van der Waals surface area contributed by atoms with E-state index in [9.17, 15) is 0 Å². The van der Waals surface area contributed by atoms with Gasteiger partial charge in [0, 0.05) is 17.6 Å². The van der Waals surface area contributed by atoms with Crippen LogP contribution in [0.3, 0.4) is 0 Å². The lowest BCUT2D eigenvalue weighted by molar-refractivity contribution is 0.454. The van der Waals surface area contributed by atoms with Crippen molar-refractivity contribution in [3.8, 4) is 0 Å². The summed E-state index contributed by atoms with van der Waals surface area (Å²) < 4.78 is 4.95. The summed E-state index contributed by atoms with van der Waals surface area (Å²) in [6.07, 6.45) is 4.41. The number of nitrogens with two attached hydrogens (primary N) is 1. The maximum absolute atomic E-state index is 5.84. The highest BCUT2D eigenvalue weighted by atomic mass is 16.3. The Hall–Kier alpha value is -0.800. The van der Waals surface area contributed by atoms with E-state index in [0.717, 1.165) is 19.5 Å². The Morgan fingerprint density at radius 2 is 2.31 bits per heavy atom. The molecule has 0 amide bonds. The molecule has 0 bridgehead atoms. The zero-order valence-electron chi connectivity index (χ0n) is 8.34. The first-order chi connectivity index (χ1) is 6.08. The molecule has 0 fully saturated rings. The van der Waals surface area contributed by atoms with Gasteiger partial charge in [-0.25, -0.2) is 0 Å².